The van der Waals surface area contributed by atoms with Crippen LogP contribution in [0, 0.1) is 40.4 Å². The third-order valence-corrected chi connectivity index (χ3v) is 7.60. The highest BCUT2D eigenvalue weighted by molar-refractivity contribution is 5.51. The first-order valence-electron chi connectivity index (χ1n) is 10.2. The molecular weight excluding hydrogens is 296 g/mol. The van der Waals surface area contributed by atoms with Gasteiger partial charge in [-0.25, -0.2) is 0 Å². The zero-order valence-electron chi connectivity index (χ0n) is 16.8. The summed E-state index contributed by atoms with van der Waals surface area (Å²) in [5, 5.41) is 9.67. The molecular formula is C22H40O2. The molecule has 0 saturated heterocycles. The molecule has 0 heterocycles. The topological polar surface area (TPSA) is 37.3 Å². The fraction of sp³-hybridized carbons (Fsp3) is 0.955. The van der Waals surface area contributed by atoms with Gasteiger partial charge in [-0.2, -0.15) is 0 Å². The number of aliphatic hydroxyl groups excluding tert-OH is 1. The van der Waals surface area contributed by atoms with Crippen LogP contribution >= 0.6 is 0 Å². The summed E-state index contributed by atoms with van der Waals surface area (Å²) in [4.78, 5) is 10.6. The molecule has 0 amide bonds. The second kappa shape index (κ2) is 7.48. The molecule has 0 aromatic carbocycles. The lowest BCUT2D eigenvalue weighted by atomic mass is 9.62. The van der Waals surface area contributed by atoms with Gasteiger partial charge in [-0.3, -0.25) is 0 Å². The van der Waals surface area contributed by atoms with Crippen LogP contribution in [0.3, 0.4) is 0 Å². The van der Waals surface area contributed by atoms with Gasteiger partial charge >= 0.3 is 0 Å². The quantitative estimate of drug-likeness (QED) is 0.690. The Hall–Kier alpha value is -0.370. The normalized spacial score (nSPS) is 36.9. The summed E-state index contributed by atoms with van der Waals surface area (Å²) in [6.07, 6.45) is 9.76. The van der Waals surface area contributed by atoms with Gasteiger partial charge in [-0.1, -0.05) is 48.0 Å². The Labute approximate surface area is 149 Å². The summed E-state index contributed by atoms with van der Waals surface area (Å²) in [6, 6.07) is 0. The molecule has 3 aliphatic carbocycles. The Morgan fingerprint density at radius 1 is 1.04 bits per heavy atom. The first kappa shape index (κ1) is 19.9. The summed E-state index contributed by atoms with van der Waals surface area (Å²) in [5.74, 6) is 4.26. The van der Waals surface area contributed by atoms with Crippen molar-refractivity contribution < 1.29 is 9.90 Å². The Bertz CT molecular complexity index is 422. The van der Waals surface area contributed by atoms with E-state index in [0.29, 0.717) is 18.3 Å². The van der Waals surface area contributed by atoms with Crippen LogP contribution in [0.15, 0.2) is 0 Å². The minimum absolute atomic E-state index is 0.0827. The highest BCUT2D eigenvalue weighted by Gasteiger charge is 2.53. The highest BCUT2D eigenvalue weighted by atomic mass is 16.3. The van der Waals surface area contributed by atoms with Gasteiger partial charge in [0.1, 0.15) is 6.29 Å². The first-order valence-corrected chi connectivity index (χ1v) is 10.2. The van der Waals surface area contributed by atoms with Crippen molar-refractivity contribution in [1.29, 1.82) is 0 Å². The van der Waals surface area contributed by atoms with Crippen LogP contribution in [0.1, 0.15) is 86.5 Å². The SMILES string of the molecule is CC(C)CC(C)(CC=O)C(C)(C)C.OC1CC2CC1C1CCCC21. The van der Waals surface area contributed by atoms with Gasteiger partial charge in [-0.15, -0.1) is 0 Å². The number of hydrogen-bond acceptors (Lipinski definition) is 2. The summed E-state index contributed by atoms with van der Waals surface area (Å²) in [6.45, 7) is 13.3. The van der Waals surface area contributed by atoms with Crippen LogP contribution in [0.2, 0.25) is 0 Å². The lowest BCUT2D eigenvalue weighted by Crippen LogP contribution is -2.34. The Morgan fingerprint density at radius 2 is 1.67 bits per heavy atom. The van der Waals surface area contributed by atoms with E-state index in [4.69, 9.17) is 0 Å². The molecule has 2 nitrogen and oxygen atoms in total. The van der Waals surface area contributed by atoms with Crippen molar-refractivity contribution >= 4 is 6.29 Å². The van der Waals surface area contributed by atoms with E-state index in [1.807, 2.05) is 0 Å². The third kappa shape index (κ3) is 4.06. The zero-order valence-corrected chi connectivity index (χ0v) is 16.8. The molecule has 3 rings (SSSR count). The smallest absolute Gasteiger partial charge is 0.120 e. The predicted molar refractivity (Wildman–Crippen MR) is 101 cm³/mol. The number of fused-ring (bicyclic) bond motifs is 5. The van der Waals surface area contributed by atoms with Crippen LogP contribution in [0.5, 0.6) is 0 Å². The molecule has 0 aliphatic heterocycles. The molecule has 24 heavy (non-hydrogen) atoms. The van der Waals surface area contributed by atoms with Crippen LogP contribution in [-0.4, -0.2) is 17.5 Å². The zero-order chi connectivity index (χ0) is 18.1. The number of carbonyl (C=O) groups is 1. The van der Waals surface area contributed by atoms with Crippen LogP contribution in [-0.2, 0) is 4.79 Å². The maximum atomic E-state index is 10.6. The van der Waals surface area contributed by atoms with Crippen molar-refractivity contribution in [3.63, 3.8) is 0 Å². The number of carbonyl (C=O) groups excluding carboxylic acids is 1. The molecule has 6 atom stereocenters. The van der Waals surface area contributed by atoms with Crippen molar-refractivity contribution in [1.82, 2.24) is 0 Å². The number of aldehydes is 1. The fourth-order valence-electron chi connectivity index (χ4n) is 5.81. The first-order chi connectivity index (χ1) is 11.1. The minimum Gasteiger partial charge on any atom is -0.393 e. The molecule has 3 saturated carbocycles. The molecule has 3 fully saturated rings. The minimum atomic E-state index is 0.0827. The van der Waals surface area contributed by atoms with Crippen LogP contribution in [0.25, 0.3) is 0 Å². The Balaban J connectivity index is 0.000000174. The van der Waals surface area contributed by atoms with Gasteiger partial charge < -0.3 is 9.90 Å². The molecule has 2 heteroatoms. The standard InChI is InChI=1S/C12H24O.C10H16O/c1-10(2)9-12(6,7-8-13)11(3,4)5;11-10-5-6-4-9(10)8-3-1-2-7(6)8/h8,10H,7,9H2,1-6H3;6-11H,1-5H2. The van der Waals surface area contributed by atoms with Crippen molar-refractivity contribution in [3.8, 4) is 0 Å². The van der Waals surface area contributed by atoms with Crippen molar-refractivity contribution in [2.24, 2.45) is 40.4 Å². The number of aliphatic hydroxyl groups is 1. The molecule has 3 aliphatic rings. The highest BCUT2D eigenvalue weighted by Crippen LogP contribution is 2.58. The van der Waals surface area contributed by atoms with E-state index in [9.17, 15) is 9.90 Å². The van der Waals surface area contributed by atoms with Crippen molar-refractivity contribution in [2.75, 3.05) is 0 Å². The largest absolute Gasteiger partial charge is 0.393 e. The van der Waals surface area contributed by atoms with E-state index in [1.54, 1.807) is 0 Å². The van der Waals surface area contributed by atoms with Gasteiger partial charge in [0, 0.05) is 6.42 Å². The summed E-state index contributed by atoms with van der Waals surface area (Å²) < 4.78 is 0. The van der Waals surface area contributed by atoms with Gasteiger partial charge in [0.15, 0.2) is 0 Å². The second-order valence-electron chi connectivity index (χ2n) is 10.5. The number of rotatable bonds is 4. The van der Waals surface area contributed by atoms with Crippen molar-refractivity contribution in [2.45, 2.75) is 92.6 Å². The monoisotopic (exact) mass is 336 g/mol. The van der Waals surface area contributed by atoms with Gasteiger partial charge in [-0.05, 0) is 72.5 Å². The molecule has 140 valence electrons. The average Bonchev–Trinajstić information content (AvgIpc) is 3.08. The van der Waals surface area contributed by atoms with Crippen LogP contribution < -0.4 is 0 Å². The molecule has 0 radical (unpaired) electrons. The molecule has 0 spiro atoms. The maximum Gasteiger partial charge on any atom is 0.120 e. The van der Waals surface area contributed by atoms with E-state index in [2.05, 4.69) is 41.5 Å². The lowest BCUT2D eigenvalue weighted by Gasteiger charge is -2.42. The van der Waals surface area contributed by atoms with E-state index in [1.165, 1.54) is 25.7 Å². The average molecular weight is 337 g/mol. The maximum absolute atomic E-state index is 10.6. The van der Waals surface area contributed by atoms with E-state index in [0.717, 1.165) is 36.9 Å². The summed E-state index contributed by atoms with van der Waals surface area (Å²) in [5.41, 5.74) is 0.348. The number of hydrogen-bond donors (Lipinski definition) is 1. The molecule has 6 unspecified atom stereocenters. The van der Waals surface area contributed by atoms with Gasteiger partial charge in [0.05, 0.1) is 6.10 Å². The van der Waals surface area contributed by atoms with Gasteiger partial charge in [0.2, 0.25) is 0 Å². The molecule has 2 bridgehead atoms. The predicted octanol–water partition coefficient (Wildman–Crippen LogP) is 5.48. The van der Waals surface area contributed by atoms with Crippen molar-refractivity contribution in [3.05, 3.63) is 0 Å². The molecule has 0 aromatic rings. The lowest BCUT2D eigenvalue weighted by molar-refractivity contribution is -0.111. The van der Waals surface area contributed by atoms with E-state index < -0.39 is 0 Å². The van der Waals surface area contributed by atoms with E-state index >= 15 is 0 Å². The fourth-order valence-corrected chi connectivity index (χ4v) is 5.81. The van der Waals surface area contributed by atoms with Crippen LogP contribution in [0.4, 0.5) is 0 Å². The van der Waals surface area contributed by atoms with E-state index in [-0.39, 0.29) is 16.9 Å². The Morgan fingerprint density at radius 3 is 2.21 bits per heavy atom. The third-order valence-electron chi connectivity index (χ3n) is 7.60. The summed E-state index contributed by atoms with van der Waals surface area (Å²) in [7, 11) is 0. The molecule has 0 aromatic heterocycles. The van der Waals surface area contributed by atoms with Gasteiger partial charge in [0.25, 0.3) is 0 Å². The second-order valence-corrected chi connectivity index (χ2v) is 10.5. The Kier molecular flexibility index (Phi) is 6.21. The summed E-state index contributed by atoms with van der Waals surface area (Å²) >= 11 is 0. The molecule has 1 N–H and O–H groups in total.